The van der Waals surface area contributed by atoms with Crippen molar-refractivity contribution in [3.8, 4) is 0 Å². The number of amidine groups is 1. The molecule has 0 aliphatic heterocycles. The molecule has 0 radical (unpaired) electrons. The van der Waals surface area contributed by atoms with Gasteiger partial charge in [0.15, 0.2) is 5.84 Å². The molecular weight excluding hydrogens is 312 g/mol. The average Bonchev–Trinajstić information content (AvgIpc) is 2.41. The number of rotatable bonds is 3. The Morgan fingerprint density at radius 3 is 2.44 bits per heavy atom. The lowest BCUT2D eigenvalue weighted by molar-refractivity contribution is 0.318. The summed E-state index contributed by atoms with van der Waals surface area (Å²) in [5.74, 6) is 0.121. The average molecular weight is 323 g/mol. The third-order valence-corrected chi connectivity index (χ3v) is 3.92. The summed E-state index contributed by atoms with van der Waals surface area (Å²) in [5.41, 5.74) is 6.38. The van der Waals surface area contributed by atoms with Gasteiger partial charge in [-0.15, -0.1) is 0 Å². The molecule has 0 bridgehead atoms. The zero-order valence-electron chi connectivity index (χ0n) is 9.38. The van der Waals surface area contributed by atoms with Crippen molar-refractivity contribution in [3.63, 3.8) is 0 Å². The summed E-state index contributed by atoms with van der Waals surface area (Å²) in [6, 6.07) is 15.5. The Hall–Kier alpha value is -1.46. The predicted octanol–water partition coefficient (Wildman–Crippen LogP) is 3.69. The molecule has 3 nitrogen and oxygen atoms in total. The molecule has 0 unspecified atom stereocenters. The highest BCUT2D eigenvalue weighted by Gasteiger charge is 2.07. The zero-order valence-corrected chi connectivity index (χ0v) is 11.8. The second kappa shape index (κ2) is 5.93. The molecule has 2 aromatic carbocycles. The van der Waals surface area contributed by atoms with Crippen molar-refractivity contribution in [1.82, 2.24) is 0 Å². The van der Waals surface area contributed by atoms with Crippen LogP contribution in [-0.2, 0) is 0 Å². The van der Waals surface area contributed by atoms with Gasteiger partial charge in [-0.25, -0.2) is 0 Å². The smallest absolute Gasteiger partial charge is 0.171 e. The van der Waals surface area contributed by atoms with E-state index in [0.29, 0.717) is 0 Å². The number of hydrogen-bond donors (Lipinski definition) is 2. The third-order valence-electron chi connectivity index (χ3n) is 2.31. The number of nitrogens with zero attached hydrogens (tertiary/aromatic N) is 1. The maximum Gasteiger partial charge on any atom is 0.171 e. The van der Waals surface area contributed by atoms with E-state index in [-0.39, 0.29) is 5.84 Å². The van der Waals surface area contributed by atoms with Crippen LogP contribution in [0.1, 0.15) is 5.56 Å². The van der Waals surface area contributed by atoms with Crippen LogP contribution in [0, 0.1) is 0 Å². The number of nitrogens with two attached hydrogens (primary N) is 1. The molecule has 0 heterocycles. The predicted molar refractivity (Wildman–Crippen MR) is 77.2 cm³/mol. The van der Waals surface area contributed by atoms with E-state index in [1.165, 1.54) is 0 Å². The van der Waals surface area contributed by atoms with Crippen LogP contribution >= 0.6 is 27.7 Å². The maximum absolute atomic E-state index is 8.76. The van der Waals surface area contributed by atoms with Crippen LogP contribution in [-0.4, -0.2) is 11.0 Å². The first-order valence-electron chi connectivity index (χ1n) is 5.21. The highest BCUT2D eigenvalue weighted by atomic mass is 79.9. The van der Waals surface area contributed by atoms with E-state index in [0.717, 1.165) is 19.8 Å². The molecule has 0 saturated heterocycles. The number of halogens is 1. The first kappa shape index (κ1) is 13.0. The molecule has 0 saturated carbocycles. The molecule has 2 aromatic rings. The molecule has 0 aliphatic rings. The molecular formula is C13H11BrN2OS. The summed E-state index contributed by atoms with van der Waals surface area (Å²) in [5, 5.41) is 11.8. The summed E-state index contributed by atoms with van der Waals surface area (Å²) in [7, 11) is 0. The van der Waals surface area contributed by atoms with Gasteiger partial charge in [0, 0.05) is 19.8 Å². The van der Waals surface area contributed by atoms with E-state index in [9.17, 15) is 0 Å². The molecule has 5 heteroatoms. The maximum atomic E-state index is 8.76. The van der Waals surface area contributed by atoms with Crippen molar-refractivity contribution in [1.29, 1.82) is 0 Å². The number of benzene rings is 2. The van der Waals surface area contributed by atoms with Gasteiger partial charge < -0.3 is 10.9 Å². The zero-order chi connectivity index (χ0) is 13.0. The molecule has 0 amide bonds. The van der Waals surface area contributed by atoms with E-state index in [1.54, 1.807) is 11.8 Å². The first-order valence-corrected chi connectivity index (χ1v) is 6.82. The fourth-order valence-corrected chi connectivity index (χ4v) is 2.67. The van der Waals surface area contributed by atoms with Crippen molar-refractivity contribution in [2.24, 2.45) is 10.9 Å². The lowest BCUT2D eigenvalue weighted by Crippen LogP contribution is -2.13. The van der Waals surface area contributed by atoms with Crippen molar-refractivity contribution >= 4 is 33.5 Å². The van der Waals surface area contributed by atoms with Crippen LogP contribution in [0.5, 0.6) is 0 Å². The Bertz CT molecular complexity index is 569. The summed E-state index contributed by atoms with van der Waals surface area (Å²) in [6.07, 6.45) is 0. The van der Waals surface area contributed by atoms with Gasteiger partial charge in [0.25, 0.3) is 0 Å². The molecule has 0 atom stereocenters. The summed E-state index contributed by atoms with van der Waals surface area (Å²) < 4.78 is 1.04. The monoisotopic (exact) mass is 322 g/mol. The molecule has 0 aromatic heterocycles. The van der Waals surface area contributed by atoms with Gasteiger partial charge >= 0.3 is 0 Å². The van der Waals surface area contributed by atoms with Crippen LogP contribution in [0.3, 0.4) is 0 Å². The normalized spacial score (nSPS) is 11.5. The Kier molecular flexibility index (Phi) is 4.28. The minimum Gasteiger partial charge on any atom is -0.409 e. The van der Waals surface area contributed by atoms with Gasteiger partial charge in [-0.2, -0.15) is 0 Å². The van der Waals surface area contributed by atoms with Crippen LogP contribution in [0.4, 0.5) is 0 Å². The molecule has 3 N–H and O–H groups in total. The quantitative estimate of drug-likeness (QED) is 0.392. The topological polar surface area (TPSA) is 58.6 Å². The van der Waals surface area contributed by atoms with E-state index >= 15 is 0 Å². The van der Waals surface area contributed by atoms with E-state index in [4.69, 9.17) is 10.9 Å². The van der Waals surface area contributed by atoms with Crippen molar-refractivity contribution in [2.75, 3.05) is 0 Å². The van der Waals surface area contributed by atoms with Gasteiger partial charge in [-0.3, -0.25) is 0 Å². The standard InChI is InChI=1S/C13H11BrN2OS/c14-9-5-7-10(8-6-9)18-12-4-2-1-3-11(12)13(15)16-17/h1-8,17H,(H2,15,16). The van der Waals surface area contributed by atoms with Gasteiger partial charge in [-0.1, -0.05) is 51.0 Å². The Morgan fingerprint density at radius 1 is 1.11 bits per heavy atom. The number of hydrogen-bond acceptors (Lipinski definition) is 3. The Morgan fingerprint density at radius 2 is 1.78 bits per heavy atom. The second-order valence-electron chi connectivity index (χ2n) is 3.54. The highest BCUT2D eigenvalue weighted by Crippen LogP contribution is 2.31. The molecule has 92 valence electrons. The molecule has 2 rings (SSSR count). The fraction of sp³-hybridized carbons (Fsp3) is 0. The van der Waals surface area contributed by atoms with E-state index < -0.39 is 0 Å². The van der Waals surface area contributed by atoms with Crippen LogP contribution in [0.15, 0.2) is 68.0 Å². The largest absolute Gasteiger partial charge is 0.409 e. The molecule has 0 spiro atoms. The fourth-order valence-electron chi connectivity index (χ4n) is 1.45. The minimum absolute atomic E-state index is 0.121. The second-order valence-corrected chi connectivity index (χ2v) is 5.57. The molecule has 0 aliphatic carbocycles. The molecule has 18 heavy (non-hydrogen) atoms. The van der Waals surface area contributed by atoms with Gasteiger partial charge in [0.1, 0.15) is 0 Å². The third kappa shape index (κ3) is 3.05. The minimum atomic E-state index is 0.121. The summed E-state index contributed by atoms with van der Waals surface area (Å²) >= 11 is 4.97. The van der Waals surface area contributed by atoms with Crippen molar-refractivity contribution in [3.05, 3.63) is 58.6 Å². The lowest BCUT2D eigenvalue weighted by atomic mass is 10.2. The lowest BCUT2D eigenvalue weighted by Gasteiger charge is -2.07. The molecule has 0 fully saturated rings. The van der Waals surface area contributed by atoms with Gasteiger partial charge in [0.05, 0.1) is 0 Å². The highest BCUT2D eigenvalue weighted by molar-refractivity contribution is 9.10. The van der Waals surface area contributed by atoms with Gasteiger partial charge in [-0.05, 0) is 30.3 Å². The van der Waals surface area contributed by atoms with E-state index in [2.05, 4.69) is 21.1 Å². The Balaban J connectivity index is 2.32. The van der Waals surface area contributed by atoms with Crippen LogP contribution < -0.4 is 5.73 Å². The first-order chi connectivity index (χ1) is 8.70. The summed E-state index contributed by atoms with van der Waals surface area (Å²) in [4.78, 5) is 2.05. The van der Waals surface area contributed by atoms with Crippen LogP contribution in [0.2, 0.25) is 0 Å². The summed E-state index contributed by atoms with van der Waals surface area (Å²) in [6.45, 7) is 0. The Labute approximate surface area is 118 Å². The SMILES string of the molecule is N/C(=N\O)c1ccccc1Sc1ccc(Br)cc1. The van der Waals surface area contributed by atoms with Crippen LogP contribution in [0.25, 0.3) is 0 Å². The van der Waals surface area contributed by atoms with Crippen molar-refractivity contribution in [2.45, 2.75) is 9.79 Å². The van der Waals surface area contributed by atoms with Gasteiger partial charge in [0.2, 0.25) is 0 Å². The van der Waals surface area contributed by atoms with E-state index in [1.807, 2.05) is 48.5 Å². The van der Waals surface area contributed by atoms with Crippen molar-refractivity contribution < 1.29 is 5.21 Å². The number of oxime groups is 1.